The fraction of sp³-hybridized carbons (Fsp3) is 0.182. The zero-order chi connectivity index (χ0) is 21.5. The van der Waals surface area contributed by atoms with E-state index < -0.39 is 11.2 Å². The Bertz CT molecular complexity index is 976. The summed E-state index contributed by atoms with van der Waals surface area (Å²) in [6, 6.07) is 18.9. The number of para-hydroxylation sites is 2. The van der Waals surface area contributed by atoms with Crippen LogP contribution in [0.3, 0.4) is 0 Å². The molecule has 0 aliphatic rings. The van der Waals surface area contributed by atoms with Crippen LogP contribution in [0, 0.1) is 0 Å². The van der Waals surface area contributed by atoms with E-state index in [1.165, 1.54) is 18.0 Å². The number of carbonyl (C=O) groups is 2. The minimum Gasteiger partial charge on any atom is -0.462 e. The van der Waals surface area contributed by atoms with Crippen LogP contribution in [-0.4, -0.2) is 33.7 Å². The molecule has 0 bridgehead atoms. The molecule has 0 spiro atoms. The molecular formula is C22H22N4O3S. The molecule has 8 heteroatoms. The van der Waals surface area contributed by atoms with Gasteiger partial charge in [0.1, 0.15) is 11.4 Å². The number of benzene rings is 2. The lowest BCUT2D eigenvalue weighted by Gasteiger charge is -2.25. The van der Waals surface area contributed by atoms with Gasteiger partial charge in [0.15, 0.2) is 5.16 Å². The summed E-state index contributed by atoms with van der Waals surface area (Å²) in [6.07, 6.45) is 1.33. The first-order chi connectivity index (χ1) is 14.5. The molecule has 0 radical (unpaired) electrons. The molecule has 0 aliphatic heterocycles. The molecular weight excluding hydrogens is 400 g/mol. The number of nitrogens with zero attached hydrogens (tertiary/aromatic N) is 3. The summed E-state index contributed by atoms with van der Waals surface area (Å²) in [5.74, 6) is -0.683. The first kappa shape index (κ1) is 21.3. The van der Waals surface area contributed by atoms with E-state index in [-0.39, 0.29) is 23.9 Å². The summed E-state index contributed by atoms with van der Waals surface area (Å²) in [5, 5.41) is -0.194. The Kier molecular flexibility index (Phi) is 7.03. The lowest BCUT2D eigenvalue weighted by molar-refractivity contribution is -0.117. The topological polar surface area (TPSA) is 98.4 Å². The Labute approximate surface area is 179 Å². The van der Waals surface area contributed by atoms with E-state index in [1.54, 1.807) is 18.7 Å². The van der Waals surface area contributed by atoms with Crippen LogP contribution in [-0.2, 0) is 9.53 Å². The monoisotopic (exact) mass is 422 g/mol. The molecule has 0 fully saturated rings. The molecule has 2 aromatic carbocycles. The third-order valence-corrected chi connectivity index (χ3v) is 5.13. The highest BCUT2D eigenvalue weighted by molar-refractivity contribution is 8.00. The number of thioether (sulfide) groups is 1. The average molecular weight is 423 g/mol. The molecule has 0 unspecified atom stereocenters. The van der Waals surface area contributed by atoms with Crippen molar-refractivity contribution in [1.29, 1.82) is 0 Å². The van der Waals surface area contributed by atoms with Crippen LogP contribution in [0.5, 0.6) is 0 Å². The van der Waals surface area contributed by atoms with E-state index in [4.69, 9.17) is 10.5 Å². The van der Waals surface area contributed by atoms with E-state index in [1.807, 2.05) is 60.7 Å². The van der Waals surface area contributed by atoms with E-state index >= 15 is 0 Å². The summed E-state index contributed by atoms with van der Waals surface area (Å²) in [4.78, 5) is 35.2. The van der Waals surface area contributed by atoms with Crippen LogP contribution in [0.15, 0.2) is 72.0 Å². The van der Waals surface area contributed by atoms with Crippen LogP contribution in [0.1, 0.15) is 24.2 Å². The zero-order valence-corrected chi connectivity index (χ0v) is 17.5. The molecule has 0 saturated carbocycles. The molecule has 3 rings (SSSR count). The summed E-state index contributed by atoms with van der Waals surface area (Å²) in [6.45, 7) is 3.72. The van der Waals surface area contributed by atoms with Crippen molar-refractivity contribution in [3.05, 3.63) is 72.4 Å². The van der Waals surface area contributed by atoms with Crippen molar-refractivity contribution in [2.75, 3.05) is 17.2 Å². The van der Waals surface area contributed by atoms with E-state index in [0.717, 1.165) is 11.4 Å². The number of nitrogen functional groups attached to an aromatic ring is 1. The van der Waals surface area contributed by atoms with Crippen molar-refractivity contribution in [3.8, 4) is 0 Å². The molecule has 1 heterocycles. The maximum Gasteiger partial charge on any atom is 0.343 e. The standard InChI is InChI=1S/C22H22N4O3S/c1-3-29-21(28)18-14-24-22(25-19(18)23)30-15(2)20(27)26(16-10-6-4-7-11-16)17-12-8-5-9-13-17/h4-15H,3H2,1-2H3,(H2,23,24,25)/t15-/m1/s1. The van der Waals surface area contributed by atoms with Gasteiger partial charge in [0, 0.05) is 17.6 Å². The number of hydrogen-bond acceptors (Lipinski definition) is 7. The highest BCUT2D eigenvalue weighted by atomic mass is 32.2. The molecule has 3 aromatic rings. The normalized spacial score (nSPS) is 11.5. The van der Waals surface area contributed by atoms with Gasteiger partial charge in [-0.1, -0.05) is 48.2 Å². The minimum atomic E-state index is -0.574. The zero-order valence-electron chi connectivity index (χ0n) is 16.7. The van der Waals surface area contributed by atoms with Crippen LogP contribution >= 0.6 is 11.8 Å². The lowest BCUT2D eigenvalue weighted by atomic mass is 10.2. The molecule has 1 aromatic heterocycles. The molecule has 7 nitrogen and oxygen atoms in total. The summed E-state index contributed by atoms with van der Waals surface area (Å²) >= 11 is 1.17. The number of ether oxygens (including phenoxy) is 1. The molecule has 0 aliphatic carbocycles. The SMILES string of the molecule is CCOC(=O)c1cnc(S[C@H](C)C(=O)N(c2ccccc2)c2ccccc2)nc1N. The third kappa shape index (κ3) is 4.96. The number of nitrogens with two attached hydrogens (primary N) is 1. The van der Waals surface area contributed by atoms with Crippen molar-refractivity contribution >= 4 is 40.8 Å². The highest BCUT2D eigenvalue weighted by Crippen LogP contribution is 2.30. The van der Waals surface area contributed by atoms with Gasteiger partial charge in [0.25, 0.3) is 0 Å². The largest absolute Gasteiger partial charge is 0.462 e. The van der Waals surface area contributed by atoms with Gasteiger partial charge in [-0.15, -0.1) is 0 Å². The molecule has 2 N–H and O–H groups in total. The number of hydrogen-bond donors (Lipinski definition) is 1. The van der Waals surface area contributed by atoms with Gasteiger partial charge < -0.3 is 10.5 Å². The average Bonchev–Trinajstić information content (AvgIpc) is 2.75. The minimum absolute atomic E-state index is 0.0218. The first-order valence-electron chi connectivity index (χ1n) is 9.41. The number of esters is 1. The quantitative estimate of drug-likeness (QED) is 0.348. The Morgan fingerprint density at radius 1 is 1.07 bits per heavy atom. The Morgan fingerprint density at radius 2 is 1.63 bits per heavy atom. The molecule has 154 valence electrons. The maximum atomic E-state index is 13.3. The van der Waals surface area contributed by atoms with Crippen molar-refractivity contribution in [1.82, 2.24) is 9.97 Å². The van der Waals surface area contributed by atoms with Crippen molar-refractivity contribution < 1.29 is 14.3 Å². The fourth-order valence-corrected chi connectivity index (χ4v) is 3.54. The van der Waals surface area contributed by atoms with Crippen LogP contribution in [0.2, 0.25) is 0 Å². The first-order valence-corrected chi connectivity index (χ1v) is 10.3. The third-order valence-electron chi connectivity index (χ3n) is 4.17. The van der Waals surface area contributed by atoms with Gasteiger partial charge in [0.2, 0.25) is 5.91 Å². The van der Waals surface area contributed by atoms with Gasteiger partial charge >= 0.3 is 5.97 Å². The number of anilines is 3. The van der Waals surface area contributed by atoms with Gasteiger partial charge in [-0.05, 0) is 38.1 Å². The van der Waals surface area contributed by atoms with Gasteiger partial charge in [0.05, 0.1) is 11.9 Å². The van der Waals surface area contributed by atoms with Crippen molar-refractivity contribution in [2.24, 2.45) is 0 Å². The molecule has 0 saturated heterocycles. The van der Waals surface area contributed by atoms with E-state index in [0.29, 0.717) is 5.16 Å². The summed E-state index contributed by atoms with van der Waals surface area (Å²) in [5.41, 5.74) is 7.52. The fourth-order valence-electron chi connectivity index (χ4n) is 2.75. The molecule has 1 atom stereocenters. The smallest absolute Gasteiger partial charge is 0.343 e. The number of amides is 1. The van der Waals surface area contributed by atoms with Gasteiger partial charge in [-0.2, -0.15) is 0 Å². The number of carbonyl (C=O) groups excluding carboxylic acids is 2. The van der Waals surface area contributed by atoms with Crippen molar-refractivity contribution in [3.63, 3.8) is 0 Å². The van der Waals surface area contributed by atoms with E-state index in [2.05, 4.69) is 9.97 Å². The lowest BCUT2D eigenvalue weighted by Crippen LogP contribution is -2.32. The Hall–Kier alpha value is -3.39. The second kappa shape index (κ2) is 9.89. The Morgan fingerprint density at radius 3 is 2.13 bits per heavy atom. The second-order valence-corrected chi connectivity index (χ2v) is 7.58. The van der Waals surface area contributed by atoms with Crippen molar-refractivity contribution in [2.45, 2.75) is 24.3 Å². The second-order valence-electron chi connectivity index (χ2n) is 6.28. The van der Waals surface area contributed by atoms with Crippen LogP contribution in [0.4, 0.5) is 17.2 Å². The Balaban J connectivity index is 1.82. The summed E-state index contributed by atoms with van der Waals surface area (Å²) in [7, 11) is 0. The van der Waals surface area contributed by atoms with Crippen LogP contribution < -0.4 is 10.6 Å². The van der Waals surface area contributed by atoms with Gasteiger partial charge in [-0.25, -0.2) is 14.8 Å². The molecule has 1 amide bonds. The van der Waals surface area contributed by atoms with Crippen LogP contribution in [0.25, 0.3) is 0 Å². The van der Waals surface area contributed by atoms with Gasteiger partial charge in [-0.3, -0.25) is 9.69 Å². The summed E-state index contributed by atoms with van der Waals surface area (Å²) < 4.78 is 4.93. The van der Waals surface area contributed by atoms with E-state index in [9.17, 15) is 9.59 Å². The predicted octanol–water partition coefficient (Wildman–Crippen LogP) is 4.08. The maximum absolute atomic E-state index is 13.3. The number of rotatable bonds is 7. The molecule has 30 heavy (non-hydrogen) atoms. The highest BCUT2D eigenvalue weighted by Gasteiger charge is 2.25. The number of aromatic nitrogens is 2. The predicted molar refractivity (Wildman–Crippen MR) is 118 cm³/mol.